The summed E-state index contributed by atoms with van der Waals surface area (Å²) < 4.78 is 53.0. The number of rotatable bonds is 16. The first-order valence-electron chi connectivity index (χ1n) is 27.6. The lowest BCUT2D eigenvalue weighted by molar-refractivity contribution is -0.311. The van der Waals surface area contributed by atoms with E-state index in [0.29, 0.717) is 0 Å². The van der Waals surface area contributed by atoms with Crippen molar-refractivity contribution in [3.8, 4) is 0 Å². The molecule has 466 valence electrons. The Balaban J connectivity index is 1.72. The number of carbonyl (C=O) groups excluding carboxylic acids is 6. The maximum Gasteiger partial charge on any atom is 0.410 e. The van der Waals surface area contributed by atoms with Crippen LogP contribution in [0.3, 0.4) is 0 Å². The van der Waals surface area contributed by atoms with Crippen LogP contribution >= 0.6 is 0 Å². The molecule has 0 bridgehead atoms. The summed E-state index contributed by atoms with van der Waals surface area (Å²) in [5.41, 5.74) is -7.57. The summed E-state index contributed by atoms with van der Waals surface area (Å²) in [5, 5.41) is 72.9. The quantitative estimate of drug-likeness (QED) is 0.0993. The number of hydrogen-bond acceptors (Lipinski definition) is 21. The molecule has 2 saturated heterocycles. The molecule has 81 heavy (non-hydrogen) atoms. The molecule has 0 aromatic rings. The van der Waals surface area contributed by atoms with Gasteiger partial charge in [0, 0.05) is 33.2 Å². The Morgan fingerprint density at radius 1 is 0.704 bits per heavy atom. The molecular weight excluding hydrogens is 1070 g/mol. The van der Waals surface area contributed by atoms with Gasteiger partial charge in [0.2, 0.25) is 12.2 Å². The number of amides is 6. The Morgan fingerprint density at radius 2 is 1.20 bits per heavy atom. The highest BCUT2D eigenvalue weighted by Crippen LogP contribution is 2.35. The number of aliphatic hydroxyl groups is 5. The van der Waals surface area contributed by atoms with E-state index in [4.69, 9.17) is 42.6 Å². The van der Waals surface area contributed by atoms with Crippen molar-refractivity contribution in [2.24, 2.45) is 0 Å². The third-order valence-corrected chi connectivity index (χ3v) is 12.9. The smallest absolute Gasteiger partial charge is 0.410 e. The summed E-state index contributed by atoms with van der Waals surface area (Å²) in [6.45, 7) is 26.3. The molecule has 0 spiro atoms. The van der Waals surface area contributed by atoms with Gasteiger partial charge >= 0.3 is 30.5 Å². The Labute approximate surface area is 476 Å². The predicted octanol–water partition coefficient (Wildman–Crippen LogP) is 2.75. The third-order valence-electron chi connectivity index (χ3n) is 12.9. The Hall–Kier alpha value is -5.00. The van der Waals surface area contributed by atoms with Gasteiger partial charge in [-0.15, -0.1) is 0 Å². The summed E-state index contributed by atoms with van der Waals surface area (Å²) in [6, 6.07) is -5.18. The maximum absolute atomic E-state index is 14.0. The molecule has 4 aliphatic rings. The molecule has 4 rings (SSSR count). The van der Waals surface area contributed by atoms with Gasteiger partial charge in [0.05, 0.1) is 42.9 Å². The van der Waals surface area contributed by atoms with Crippen LogP contribution in [0.1, 0.15) is 143 Å². The van der Waals surface area contributed by atoms with Gasteiger partial charge < -0.3 is 105 Å². The molecule has 0 unspecified atom stereocenters. The van der Waals surface area contributed by atoms with Crippen molar-refractivity contribution in [1.29, 1.82) is 0 Å². The number of alkyl carbamates (subject to hydrolysis) is 3. The molecule has 3 aliphatic heterocycles. The van der Waals surface area contributed by atoms with Crippen molar-refractivity contribution in [3.63, 3.8) is 0 Å². The molecule has 3 fully saturated rings. The van der Waals surface area contributed by atoms with Gasteiger partial charge in [-0.1, -0.05) is 0 Å². The van der Waals surface area contributed by atoms with Gasteiger partial charge in [0.25, 0.3) is 0 Å². The number of nitrogens with one attached hydrogen (secondary N) is 5. The number of ether oxygens (including phenoxy) is 9. The van der Waals surface area contributed by atoms with Crippen LogP contribution in [-0.2, 0) is 47.4 Å². The summed E-state index contributed by atoms with van der Waals surface area (Å²) in [4.78, 5) is 82.1. The predicted molar refractivity (Wildman–Crippen MR) is 290 cm³/mol. The fourth-order valence-corrected chi connectivity index (χ4v) is 9.30. The van der Waals surface area contributed by atoms with E-state index in [-0.39, 0.29) is 70.6 Å². The summed E-state index contributed by atoms with van der Waals surface area (Å²) in [6.07, 6.45) is -14.5. The Bertz CT molecular complexity index is 2170. The van der Waals surface area contributed by atoms with E-state index in [1.54, 1.807) is 110 Å². The van der Waals surface area contributed by atoms with Crippen LogP contribution in [0, 0.1) is 0 Å². The van der Waals surface area contributed by atoms with Gasteiger partial charge in [-0.05, 0) is 149 Å². The van der Waals surface area contributed by atoms with Crippen LogP contribution in [0.15, 0.2) is 11.8 Å². The monoisotopic (exact) mass is 1160 g/mol. The van der Waals surface area contributed by atoms with Crippen molar-refractivity contribution < 1.29 is 96.9 Å². The lowest BCUT2D eigenvalue weighted by Gasteiger charge is -2.50. The van der Waals surface area contributed by atoms with Crippen molar-refractivity contribution in [2.75, 3.05) is 46.4 Å². The lowest BCUT2D eigenvalue weighted by Crippen LogP contribution is -2.71. The zero-order valence-electron chi connectivity index (χ0n) is 50.5. The normalized spacial score (nSPS) is 28.6. The van der Waals surface area contributed by atoms with Crippen molar-refractivity contribution in [3.05, 3.63) is 11.8 Å². The topological polar surface area (TPSA) is 353 Å². The van der Waals surface area contributed by atoms with Crippen molar-refractivity contribution >= 4 is 36.4 Å². The summed E-state index contributed by atoms with van der Waals surface area (Å²) >= 11 is 0. The zero-order valence-corrected chi connectivity index (χ0v) is 50.5. The lowest BCUT2D eigenvalue weighted by atomic mass is 9.82. The van der Waals surface area contributed by atoms with Gasteiger partial charge in [0.15, 0.2) is 6.29 Å². The van der Waals surface area contributed by atoms with Crippen LogP contribution in [-0.4, -0.2) is 225 Å². The van der Waals surface area contributed by atoms with Gasteiger partial charge in [-0.25, -0.2) is 24.0 Å². The number of likely N-dealkylation sites (N-methyl/N-ethyl adjacent to an activating group) is 1. The standard InChI is InChI=1S/C54H95N7O20/c1-48(2,3)77-43(66)56-23-20-34(62)40(65)57-32-26-33(59-45(68)79-50(7,8)9)38(35(63)37(32)76-42-36(64)39(53(16,71)29-73-42)60(17)46(69)80-51(10,11)12)75-41-31(58-44(67)78-49(4,5)6)19-18-30(74-41)27-55-28-54(72)21-24-61(25-22-54)47(70)81-52(13,14)15/h18,31-39,41-42,55,62-64,71-72H,19-29H2,1-17H3,(H,56,66)(H,57,65)(H,58,67)(H,59,68)/t31-,32-,33+,34+,35-,36-,37+,38-,39-,41-,42-,53+/m1/s1. The number of likely N-dealkylation sites (tertiary alicyclic amines) is 1. The number of piperidine rings is 1. The Morgan fingerprint density at radius 3 is 1.73 bits per heavy atom. The summed E-state index contributed by atoms with van der Waals surface area (Å²) in [5.74, 6) is -0.714. The SMILES string of the molecule is CN(C(=O)OC(C)(C)C)[C@@H]1[C@@H](O)[C@@H](O[C@@H]2[C@@H](O)[C@H](O[C@H]3OC(CNCC4(O)CCN(C(=O)OC(C)(C)C)CC4)=CC[C@H]3NC(=O)OC(C)(C)C)[C@@H](NC(=O)OC(C)(C)C)C[C@H]2NC(=O)[C@@H](O)CCNC(=O)OC(C)(C)C)OC[C@]1(C)O. The van der Waals surface area contributed by atoms with Crippen LogP contribution in [0.4, 0.5) is 24.0 Å². The van der Waals surface area contributed by atoms with E-state index in [9.17, 15) is 54.3 Å². The first-order valence-corrected chi connectivity index (χ1v) is 27.6. The molecule has 12 atom stereocenters. The van der Waals surface area contributed by atoms with Gasteiger partial charge in [-0.3, -0.25) is 4.79 Å². The third kappa shape index (κ3) is 22.3. The van der Waals surface area contributed by atoms with Crippen molar-refractivity contribution in [2.45, 2.75) is 249 Å². The van der Waals surface area contributed by atoms with E-state index in [0.717, 1.165) is 4.90 Å². The molecule has 1 saturated carbocycles. The van der Waals surface area contributed by atoms with Crippen LogP contribution in [0.2, 0.25) is 0 Å². The van der Waals surface area contributed by atoms with E-state index >= 15 is 0 Å². The Kier molecular flexibility index (Phi) is 23.0. The zero-order chi connectivity index (χ0) is 61.4. The fraction of sp³-hybridized carbons (Fsp3) is 0.852. The minimum atomic E-state index is -1.95. The molecule has 27 heteroatoms. The second-order valence-corrected chi connectivity index (χ2v) is 26.5. The van der Waals surface area contributed by atoms with E-state index in [2.05, 4.69) is 26.6 Å². The van der Waals surface area contributed by atoms with Crippen molar-refractivity contribution in [1.82, 2.24) is 36.4 Å². The molecule has 0 aromatic carbocycles. The number of aliphatic hydroxyl groups excluding tert-OH is 3. The number of nitrogens with zero attached hydrogens (tertiary/aromatic N) is 2. The summed E-state index contributed by atoms with van der Waals surface area (Å²) in [7, 11) is 1.30. The van der Waals surface area contributed by atoms with Crippen LogP contribution in [0.25, 0.3) is 0 Å². The van der Waals surface area contributed by atoms with Crippen LogP contribution in [0.5, 0.6) is 0 Å². The van der Waals surface area contributed by atoms with E-state index in [1.165, 1.54) is 18.9 Å². The minimum absolute atomic E-state index is 0.0268. The average molecular weight is 1160 g/mol. The molecule has 10 N–H and O–H groups in total. The largest absolute Gasteiger partial charge is 0.466 e. The highest BCUT2D eigenvalue weighted by atomic mass is 16.7. The highest BCUT2D eigenvalue weighted by Gasteiger charge is 2.55. The molecule has 3 heterocycles. The number of hydrogen-bond donors (Lipinski definition) is 10. The molecule has 0 radical (unpaired) electrons. The molecule has 6 amide bonds. The number of carbonyl (C=O) groups is 6. The highest BCUT2D eigenvalue weighted by molar-refractivity contribution is 5.81. The molecule has 27 nitrogen and oxygen atoms in total. The molecule has 1 aliphatic carbocycles. The first-order chi connectivity index (χ1) is 36.9. The van der Waals surface area contributed by atoms with Crippen LogP contribution < -0.4 is 26.6 Å². The van der Waals surface area contributed by atoms with E-state index < -0.39 is 149 Å². The average Bonchev–Trinajstić information content (AvgIpc) is 3.27. The second-order valence-electron chi connectivity index (χ2n) is 26.5. The van der Waals surface area contributed by atoms with Gasteiger partial charge in [-0.2, -0.15) is 0 Å². The minimum Gasteiger partial charge on any atom is -0.466 e. The van der Waals surface area contributed by atoms with E-state index in [1.807, 2.05) is 0 Å². The maximum atomic E-state index is 14.0. The fourth-order valence-electron chi connectivity index (χ4n) is 9.30. The molecule has 0 aromatic heterocycles. The first kappa shape index (κ1) is 68.5. The van der Waals surface area contributed by atoms with Gasteiger partial charge in [0.1, 0.15) is 69.9 Å². The second kappa shape index (κ2) is 27.1. The molecular formula is C54H95N7O20.